The molecule has 0 radical (unpaired) electrons. The van der Waals surface area contributed by atoms with Crippen LogP contribution in [0.3, 0.4) is 0 Å². The Morgan fingerprint density at radius 2 is 2.20 bits per heavy atom. The van der Waals surface area contributed by atoms with Crippen LogP contribution in [0.5, 0.6) is 0 Å². The van der Waals surface area contributed by atoms with E-state index in [1.54, 1.807) is 0 Å². The fourth-order valence-electron chi connectivity index (χ4n) is 2.66. The zero-order valence-electron chi connectivity index (χ0n) is 11.0. The van der Waals surface area contributed by atoms with Gasteiger partial charge in [0.05, 0.1) is 0 Å². The van der Waals surface area contributed by atoms with E-state index in [0.717, 1.165) is 42.7 Å². The van der Waals surface area contributed by atoms with Crippen LogP contribution in [0.25, 0.3) is 22.6 Å². The van der Waals surface area contributed by atoms with E-state index in [1.165, 1.54) is 0 Å². The molecule has 1 aliphatic rings. The summed E-state index contributed by atoms with van der Waals surface area (Å²) in [5.41, 5.74) is 0.835. The molecule has 0 aliphatic carbocycles. The average molecular weight is 269 g/mol. The number of para-hydroxylation sites is 1. The Hall–Kier alpha value is -2.14. The van der Waals surface area contributed by atoms with Gasteiger partial charge < -0.3 is 14.3 Å². The average Bonchev–Trinajstić information content (AvgIpc) is 3.14. The number of nitrogens with one attached hydrogen (secondary N) is 1. The number of fused-ring (bicyclic) bond motifs is 1. The van der Waals surface area contributed by atoms with E-state index in [-0.39, 0.29) is 0 Å². The summed E-state index contributed by atoms with van der Waals surface area (Å²) in [5, 5.41) is 8.50. The van der Waals surface area contributed by atoms with Crippen molar-refractivity contribution >= 4 is 11.0 Å². The van der Waals surface area contributed by atoms with Gasteiger partial charge in [0, 0.05) is 17.8 Å². The summed E-state index contributed by atoms with van der Waals surface area (Å²) < 4.78 is 11.1. The van der Waals surface area contributed by atoms with Crippen LogP contribution in [-0.2, 0) is 0 Å². The number of furan rings is 1. The van der Waals surface area contributed by atoms with Crippen LogP contribution in [0.4, 0.5) is 0 Å². The van der Waals surface area contributed by atoms with Gasteiger partial charge in [0.2, 0.25) is 0 Å². The fourth-order valence-corrected chi connectivity index (χ4v) is 2.66. The first kappa shape index (κ1) is 11.7. The van der Waals surface area contributed by atoms with Gasteiger partial charge in [-0.1, -0.05) is 23.4 Å². The molecular weight excluding hydrogens is 254 g/mol. The Bertz CT molecular complexity index is 692. The molecule has 1 atom stereocenters. The summed E-state index contributed by atoms with van der Waals surface area (Å²) in [4.78, 5) is 4.49. The van der Waals surface area contributed by atoms with Crippen molar-refractivity contribution in [1.82, 2.24) is 15.5 Å². The maximum Gasteiger partial charge on any atom is 0.293 e. The van der Waals surface area contributed by atoms with Crippen LogP contribution in [0.15, 0.2) is 39.3 Å². The highest BCUT2D eigenvalue weighted by atomic mass is 16.5. The zero-order valence-corrected chi connectivity index (χ0v) is 11.0. The summed E-state index contributed by atoms with van der Waals surface area (Å²) in [6, 6.07) is 9.80. The van der Waals surface area contributed by atoms with Gasteiger partial charge in [-0.05, 0) is 31.5 Å². The number of hydrogen-bond donors (Lipinski definition) is 1. The normalized spacial score (nSPS) is 19.5. The second-order valence-electron chi connectivity index (χ2n) is 5.15. The van der Waals surface area contributed by atoms with Crippen LogP contribution >= 0.6 is 0 Å². The lowest BCUT2D eigenvalue weighted by Crippen LogP contribution is -2.28. The number of benzene rings is 1. The van der Waals surface area contributed by atoms with Gasteiger partial charge in [-0.15, -0.1) is 0 Å². The highest BCUT2D eigenvalue weighted by Gasteiger charge is 2.22. The van der Waals surface area contributed by atoms with Gasteiger partial charge in [0.15, 0.2) is 11.6 Å². The third-order valence-corrected chi connectivity index (χ3v) is 3.74. The smallest absolute Gasteiger partial charge is 0.293 e. The van der Waals surface area contributed by atoms with Crippen LogP contribution < -0.4 is 5.32 Å². The van der Waals surface area contributed by atoms with E-state index < -0.39 is 0 Å². The van der Waals surface area contributed by atoms with E-state index in [4.69, 9.17) is 8.94 Å². The van der Waals surface area contributed by atoms with Crippen molar-refractivity contribution in [3.8, 4) is 11.7 Å². The van der Waals surface area contributed by atoms with Crippen molar-refractivity contribution in [3.63, 3.8) is 0 Å². The Morgan fingerprint density at radius 1 is 1.25 bits per heavy atom. The maximum atomic E-state index is 5.74. The molecule has 4 rings (SSSR count). The van der Waals surface area contributed by atoms with Crippen LogP contribution in [-0.4, -0.2) is 23.2 Å². The quantitative estimate of drug-likeness (QED) is 0.775. The molecule has 3 aromatic rings. The molecule has 1 aliphatic heterocycles. The monoisotopic (exact) mass is 269 g/mol. The number of rotatable bonds is 2. The Morgan fingerprint density at radius 3 is 3.05 bits per heavy atom. The molecule has 5 nitrogen and oxygen atoms in total. The van der Waals surface area contributed by atoms with Gasteiger partial charge in [-0.25, -0.2) is 0 Å². The number of hydrogen-bond acceptors (Lipinski definition) is 5. The molecule has 0 bridgehead atoms. The highest BCUT2D eigenvalue weighted by Crippen LogP contribution is 2.28. The molecule has 0 amide bonds. The third-order valence-electron chi connectivity index (χ3n) is 3.74. The van der Waals surface area contributed by atoms with E-state index in [2.05, 4.69) is 15.5 Å². The lowest BCUT2D eigenvalue weighted by Gasteiger charge is -2.19. The summed E-state index contributed by atoms with van der Waals surface area (Å²) in [7, 11) is 0. The van der Waals surface area contributed by atoms with Crippen LogP contribution in [0.2, 0.25) is 0 Å². The first-order valence-corrected chi connectivity index (χ1v) is 6.93. The number of nitrogens with zero attached hydrogens (tertiary/aromatic N) is 2. The van der Waals surface area contributed by atoms with Crippen molar-refractivity contribution in [2.75, 3.05) is 13.1 Å². The van der Waals surface area contributed by atoms with Crippen molar-refractivity contribution in [2.24, 2.45) is 0 Å². The minimum atomic E-state index is 0.339. The molecule has 20 heavy (non-hydrogen) atoms. The van der Waals surface area contributed by atoms with E-state index >= 15 is 0 Å². The number of piperidine rings is 1. The molecule has 3 heterocycles. The molecule has 5 heteroatoms. The Kier molecular flexibility index (Phi) is 2.77. The standard InChI is InChI=1S/C15H15N3O2/c1-2-6-12-10(4-1)8-13(19-12)15-17-14(18-20-15)11-5-3-7-16-9-11/h1-2,4,6,8,11,16H,3,5,7,9H2/t11-/m0/s1. The van der Waals surface area contributed by atoms with E-state index in [9.17, 15) is 0 Å². The summed E-state index contributed by atoms with van der Waals surface area (Å²) >= 11 is 0. The van der Waals surface area contributed by atoms with Crippen LogP contribution in [0, 0.1) is 0 Å². The van der Waals surface area contributed by atoms with E-state index in [0.29, 0.717) is 17.6 Å². The molecular formula is C15H15N3O2. The van der Waals surface area contributed by atoms with Crippen molar-refractivity contribution < 1.29 is 8.94 Å². The lowest BCUT2D eigenvalue weighted by atomic mass is 9.99. The first-order valence-electron chi connectivity index (χ1n) is 6.93. The van der Waals surface area contributed by atoms with Crippen molar-refractivity contribution in [2.45, 2.75) is 18.8 Å². The predicted molar refractivity (Wildman–Crippen MR) is 74.4 cm³/mol. The second kappa shape index (κ2) is 4.76. The van der Waals surface area contributed by atoms with Gasteiger partial charge >= 0.3 is 0 Å². The van der Waals surface area contributed by atoms with Gasteiger partial charge in [-0.2, -0.15) is 4.98 Å². The van der Waals surface area contributed by atoms with Crippen LogP contribution in [0.1, 0.15) is 24.6 Å². The molecule has 2 aromatic heterocycles. The summed E-state index contributed by atoms with van der Waals surface area (Å²) in [5.74, 6) is 2.20. The molecule has 1 fully saturated rings. The topological polar surface area (TPSA) is 64.1 Å². The maximum absolute atomic E-state index is 5.74. The first-order chi connectivity index (χ1) is 9.90. The van der Waals surface area contributed by atoms with Crippen molar-refractivity contribution in [1.29, 1.82) is 0 Å². The minimum Gasteiger partial charge on any atom is -0.451 e. The molecule has 1 aromatic carbocycles. The summed E-state index contributed by atoms with van der Waals surface area (Å²) in [6.07, 6.45) is 2.26. The predicted octanol–water partition coefficient (Wildman–Crippen LogP) is 2.95. The SMILES string of the molecule is c1ccc2oc(-c3nc([C@H]4CCCNC4)no3)cc2c1. The third kappa shape index (κ3) is 2.00. The lowest BCUT2D eigenvalue weighted by molar-refractivity contribution is 0.388. The van der Waals surface area contributed by atoms with Gasteiger partial charge in [-0.3, -0.25) is 0 Å². The number of aromatic nitrogens is 2. The Labute approximate surface area is 116 Å². The molecule has 102 valence electrons. The highest BCUT2D eigenvalue weighted by molar-refractivity contribution is 5.81. The molecule has 0 unspecified atom stereocenters. The molecule has 0 saturated carbocycles. The van der Waals surface area contributed by atoms with E-state index in [1.807, 2.05) is 30.3 Å². The second-order valence-corrected chi connectivity index (χ2v) is 5.15. The molecule has 1 N–H and O–H groups in total. The largest absolute Gasteiger partial charge is 0.451 e. The summed E-state index contributed by atoms with van der Waals surface area (Å²) in [6.45, 7) is 1.99. The minimum absolute atomic E-state index is 0.339. The Balaban J connectivity index is 1.66. The van der Waals surface area contributed by atoms with Gasteiger partial charge in [0.25, 0.3) is 5.89 Å². The van der Waals surface area contributed by atoms with Crippen molar-refractivity contribution in [3.05, 3.63) is 36.2 Å². The molecule has 0 spiro atoms. The zero-order chi connectivity index (χ0) is 13.4. The van der Waals surface area contributed by atoms with Gasteiger partial charge in [0.1, 0.15) is 5.58 Å². The molecule has 1 saturated heterocycles. The fraction of sp³-hybridized carbons (Fsp3) is 0.333.